The molecule has 4 rings (SSSR count). The molecule has 8 nitrogen and oxygen atoms in total. The molecule has 0 spiro atoms. The van der Waals surface area contributed by atoms with Gasteiger partial charge < -0.3 is 20.0 Å². The number of amides is 2. The molecule has 3 heterocycles. The molecule has 1 saturated heterocycles. The van der Waals surface area contributed by atoms with Crippen molar-refractivity contribution in [1.82, 2.24) is 29.8 Å². The Bertz CT molecular complexity index is 936. The second-order valence-corrected chi connectivity index (χ2v) is 8.60. The van der Waals surface area contributed by atoms with E-state index >= 15 is 0 Å². The van der Waals surface area contributed by atoms with Crippen molar-refractivity contribution >= 4 is 11.8 Å². The van der Waals surface area contributed by atoms with E-state index in [1.807, 2.05) is 0 Å². The van der Waals surface area contributed by atoms with Gasteiger partial charge in [0.15, 0.2) is 5.69 Å². The molecular formula is C23H31FN6O2. The van der Waals surface area contributed by atoms with Gasteiger partial charge in [0, 0.05) is 58.4 Å². The zero-order valence-corrected chi connectivity index (χ0v) is 18.6. The van der Waals surface area contributed by atoms with Crippen LogP contribution >= 0.6 is 0 Å². The molecule has 0 radical (unpaired) electrons. The summed E-state index contributed by atoms with van der Waals surface area (Å²) in [4.78, 5) is 32.1. The quantitative estimate of drug-likeness (QED) is 0.657. The molecule has 0 aliphatic carbocycles. The molecule has 0 atom stereocenters. The first-order valence-corrected chi connectivity index (χ1v) is 11.3. The SMILES string of the molecule is CN1CCN(CCCNC(=O)c2cc3n(n2)CCCN(Cc2ccc(F)cc2)C3=O)CC1. The highest BCUT2D eigenvalue weighted by Gasteiger charge is 2.26. The van der Waals surface area contributed by atoms with Crippen LogP contribution in [0.5, 0.6) is 0 Å². The van der Waals surface area contributed by atoms with Crippen LogP contribution < -0.4 is 5.32 Å². The number of aromatic nitrogens is 2. The number of rotatable bonds is 7. The van der Waals surface area contributed by atoms with Crippen molar-refractivity contribution in [2.75, 3.05) is 52.9 Å². The highest BCUT2D eigenvalue weighted by atomic mass is 19.1. The minimum atomic E-state index is -0.298. The number of fused-ring (bicyclic) bond motifs is 1. The van der Waals surface area contributed by atoms with E-state index in [1.54, 1.807) is 27.8 Å². The molecular weight excluding hydrogens is 411 g/mol. The molecule has 2 aliphatic rings. The summed E-state index contributed by atoms with van der Waals surface area (Å²) in [6, 6.07) is 7.75. The van der Waals surface area contributed by atoms with Gasteiger partial charge in [0.2, 0.25) is 0 Å². The average Bonchev–Trinajstić information content (AvgIpc) is 3.16. The zero-order chi connectivity index (χ0) is 22.5. The Labute approximate surface area is 188 Å². The standard InChI is InChI=1S/C23H31FN6O2/c1-27-12-14-28(15-13-27)9-2-8-25-22(31)20-16-21-23(32)29(10-3-11-30(21)26-20)17-18-4-6-19(24)7-5-18/h4-7,16H,2-3,8-15,17H2,1H3,(H,25,31). The largest absolute Gasteiger partial charge is 0.351 e. The third-order valence-corrected chi connectivity index (χ3v) is 6.14. The van der Waals surface area contributed by atoms with Crippen LogP contribution in [-0.2, 0) is 13.1 Å². The molecule has 172 valence electrons. The van der Waals surface area contributed by atoms with E-state index in [0.717, 1.165) is 51.1 Å². The molecule has 1 aromatic heterocycles. The first-order chi connectivity index (χ1) is 15.5. The van der Waals surface area contributed by atoms with E-state index in [0.29, 0.717) is 31.9 Å². The van der Waals surface area contributed by atoms with Crippen molar-refractivity contribution in [2.45, 2.75) is 25.9 Å². The maximum absolute atomic E-state index is 13.2. The molecule has 0 bridgehead atoms. The van der Waals surface area contributed by atoms with Crippen molar-refractivity contribution in [3.05, 3.63) is 53.1 Å². The lowest BCUT2D eigenvalue weighted by Gasteiger charge is -2.32. The number of aryl methyl sites for hydroxylation is 1. The summed E-state index contributed by atoms with van der Waals surface area (Å²) in [5.41, 5.74) is 1.56. The maximum Gasteiger partial charge on any atom is 0.272 e. The predicted molar refractivity (Wildman–Crippen MR) is 119 cm³/mol. The summed E-state index contributed by atoms with van der Waals surface area (Å²) in [5, 5.41) is 7.31. The second kappa shape index (κ2) is 10.2. The zero-order valence-electron chi connectivity index (χ0n) is 18.6. The van der Waals surface area contributed by atoms with Crippen LogP contribution in [0, 0.1) is 5.82 Å². The van der Waals surface area contributed by atoms with Gasteiger partial charge in [0.05, 0.1) is 0 Å². The molecule has 1 N–H and O–H groups in total. The minimum absolute atomic E-state index is 0.159. The van der Waals surface area contributed by atoms with Crippen LogP contribution in [0.15, 0.2) is 30.3 Å². The highest BCUT2D eigenvalue weighted by Crippen LogP contribution is 2.17. The van der Waals surface area contributed by atoms with E-state index in [4.69, 9.17) is 0 Å². The monoisotopic (exact) mass is 442 g/mol. The highest BCUT2D eigenvalue weighted by molar-refractivity contribution is 5.98. The molecule has 1 fully saturated rings. The van der Waals surface area contributed by atoms with Gasteiger partial charge in [-0.3, -0.25) is 14.3 Å². The number of nitrogens with zero attached hydrogens (tertiary/aromatic N) is 5. The van der Waals surface area contributed by atoms with Gasteiger partial charge in [-0.15, -0.1) is 0 Å². The summed E-state index contributed by atoms with van der Waals surface area (Å²) in [5.74, 6) is -0.705. The van der Waals surface area contributed by atoms with Gasteiger partial charge in [0.1, 0.15) is 11.5 Å². The third-order valence-electron chi connectivity index (χ3n) is 6.14. The van der Waals surface area contributed by atoms with Gasteiger partial charge >= 0.3 is 0 Å². The number of benzene rings is 1. The predicted octanol–water partition coefficient (Wildman–Crippen LogP) is 1.44. The lowest BCUT2D eigenvalue weighted by atomic mass is 10.2. The molecule has 0 unspecified atom stereocenters. The summed E-state index contributed by atoms with van der Waals surface area (Å²) in [6.45, 7) is 7.41. The van der Waals surface area contributed by atoms with Crippen molar-refractivity contribution in [1.29, 1.82) is 0 Å². The van der Waals surface area contributed by atoms with Crippen LogP contribution in [0.1, 0.15) is 39.4 Å². The molecule has 2 aliphatic heterocycles. The number of likely N-dealkylation sites (N-methyl/N-ethyl adjacent to an activating group) is 1. The summed E-state index contributed by atoms with van der Waals surface area (Å²) in [6.07, 6.45) is 1.63. The fourth-order valence-electron chi connectivity index (χ4n) is 4.17. The lowest BCUT2D eigenvalue weighted by Crippen LogP contribution is -2.45. The van der Waals surface area contributed by atoms with E-state index in [2.05, 4.69) is 27.3 Å². The summed E-state index contributed by atoms with van der Waals surface area (Å²) < 4.78 is 14.8. The molecule has 0 saturated carbocycles. The normalized spacial score (nSPS) is 17.8. The number of carbonyl (C=O) groups excluding carboxylic acids is 2. The van der Waals surface area contributed by atoms with Crippen LogP contribution in [0.25, 0.3) is 0 Å². The number of hydrogen-bond acceptors (Lipinski definition) is 5. The molecule has 2 amide bonds. The third kappa shape index (κ3) is 5.52. The Morgan fingerprint density at radius 2 is 1.84 bits per heavy atom. The topological polar surface area (TPSA) is 73.7 Å². The van der Waals surface area contributed by atoms with Gasteiger partial charge in [-0.2, -0.15) is 5.10 Å². The van der Waals surface area contributed by atoms with Gasteiger partial charge in [-0.05, 0) is 44.1 Å². The summed E-state index contributed by atoms with van der Waals surface area (Å²) >= 11 is 0. The van der Waals surface area contributed by atoms with Gasteiger partial charge in [-0.25, -0.2) is 4.39 Å². The fraction of sp³-hybridized carbons (Fsp3) is 0.522. The van der Waals surface area contributed by atoms with Crippen molar-refractivity contribution < 1.29 is 14.0 Å². The first kappa shape index (κ1) is 22.4. The Morgan fingerprint density at radius 1 is 1.09 bits per heavy atom. The van der Waals surface area contributed by atoms with Crippen molar-refractivity contribution in [3.63, 3.8) is 0 Å². The smallest absolute Gasteiger partial charge is 0.272 e. The molecule has 1 aromatic carbocycles. The van der Waals surface area contributed by atoms with Crippen LogP contribution in [0.3, 0.4) is 0 Å². The van der Waals surface area contributed by atoms with Gasteiger partial charge in [0.25, 0.3) is 11.8 Å². The molecule has 2 aromatic rings. The Morgan fingerprint density at radius 3 is 2.59 bits per heavy atom. The van der Waals surface area contributed by atoms with Crippen LogP contribution in [-0.4, -0.2) is 89.2 Å². The number of carbonyl (C=O) groups is 2. The molecule has 9 heteroatoms. The van der Waals surface area contributed by atoms with E-state index in [1.165, 1.54) is 12.1 Å². The number of halogens is 1. The second-order valence-electron chi connectivity index (χ2n) is 8.60. The maximum atomic E-state index is 13.2. The fourth-order valence-corrected chi connectivity index (χ4v) is 4.17. The Hall–Kier alpha value is -2.78. The average molecular weight is 443 g/mol. The van der Waals surface area contributed by atoms with E-state index in [-0.39, 0.29) is 23.3 Å². The van der Waals surface area contributed by atoms with Gasteiger partial charge in [-0.1, -0.05) is 12.1 Å². The van der Waals surface area contributed by atoms with E-state index < -0.39 is 0 Å². The van der Waals surface area contributed by atoms with Crippen molar-refractivity contribution in [3.8, 4) is 0 Å². The number of piperazine rings is 1. The molecule has 32 heavy (non-hydrogen) atoms. The van der Waals surface area contributed by atoms with Crippen LogP contribution in [0.2, 0.25) is 0 Å². The lowest BCUT2D eigenvalue weighted by molar-refractivity contribution is 0.0745. The number of nitrogens with one attached hydrogen (secondary N) is 1. The van der Waals surface area contributed by atoms with E-state index in [9.17, 15) is 14.0 Å². The van der Waals surface area contributed by atoms with Crippen LogP contribution in [0.4, 0.5) is 4.39 Å². The number of hydrogen-bond donors (Lipinski definition) is 1. The van der Waals surface area contributed by atoms with Crippen molar-refractivity contribution in [2.24, 2.45) is 0 Å². The summed E-state index contributed by atoms with van der Waals surface area (Å²) in [7, 11) is 2.14. The Kier molecular flexibility index (Phi) is 7.16. The minimum Gasteiger partial charge on any atom is -0.351 e. The first-order valence-electron chi connectivity index (χ1n) is 11.3. The Balaban J connectivity index is 1.31.